The van der Waals surface area contributed by atoms with Crippen LogP contribution in [0.2, 0.25) is 0 Å². The second kappa shape index (κ2) is 3.14. The molecule has 2 aliphatic rings. The van der Waals surface area contributed by atoms with E-state index < -0.39 is 11.0 Å². The molecule has 3 heteroatoms. The Balaban J connectivity index is 2.44. The van der Waals surface area contributed by atoms with Crippen molar-refractivity contribution in [1.29, 1.82) is 0 Å². The standard InChI is InChI=1S/C12H18O3/c1-8-9(13)5-7-11(2)10(14)4-3-6-12(8,11)15/h8,15H,3-7H2,1-2H3/t8?,11-,12?/m0/s1. The van der Waals surface area contributed by atoms with Gasteiger partial charge in [-0.3, -0.25) is 9.59 Å². The number of fused-ring (bicyclic) bond motifs is 1. The zero-order valence-electron chi connectivity index (χ0n) is 9.38. The first-order valence-electron chi connectivity index (χ1n) is 5.70. The van der Waals surface area contributed by atoms with E-state index in [1.165, 1.54) is 0 Å². The Hall–Kier alpha value is -0.700. The summed E-state index contributed by atoms with van der Waals surface area (Å²) in [5.41, 5.74) is -1.77. The van der Waals surface area contributed by atoms with E-state index in [2.05, 4.69) is 0 Å². The van der Waals surface area contributed by atoms with Crippen molar-refractivity contribution in [3.05, 3.63) is 0 Å². The molecule has 2 fully saturated rings. The van der Waals surface area contributed by atoms with Gasteiger partial charge in [0.1, 0.15) is 11.6 Å². The van der Waals surface area contributed by atoms with Crippen LogP contribution in [0.25, 0.3) is 0 Å². The molecule has 0 spiro atoms. The van der Waals surface area contributed by atoms with Crippen molar-refractivity contribution < 1.29 is 14.7 Å². The summed E-state index contributed by atoms with van der Waals surface area (Å²) in [5, 5.41) is 10.6. The number of ketones is 2. The van der Waals surface area contributed by atoms with E-state index in [9.17, 15) is 14.7 Å². The molecule has 2 unspecified atom stereocenters. The average molecular weight is 210 g/mol. The van der Waals surface area contributed by atoms with E-state index in [0.29, 0.717) is 32.1 Å². The molecular formula is C12H18O3. The van der Waals surface area contributed by atoms with Gasteiger partial charge in [-0.05, 0) is 26.2 Å². The van der Waals surface area contributed by atoms with Gasteiger partial charge in [0.2, 0.25) is 0 Å². The third kappa shape index (κ3) is 1.22. The van der Waals surface area contributed by atoms with Crippen LogP contribution in [-0.2, 0) is 9.59 Å². The number of rotatable bonds is 0. The van der Waals surface area contributed by atoms with Crippen LogP contribution in [0, 0.1) is 11.3 Å². The van der Waals surface area contributed by atoms with Gasteiger partial charge in [-0.25, -0.2) is 0 Å². The SMILES string of the molecule is CC1C(=O)CC[C@@]2(C)C(=O)CCCC12O. The topological polar surface area (TPSA) is 54.4 Å². The summed E-state index contributed by atoms with van der Waals surface area (Å²) in [6.45, 7) is 3.59. The zero-order valence-corrected chi connectivity index (χ0v) is 9.38. The molecule has 2 aliphatic carbocycles. The largest absolute Gasteiger partial charge is 0.388 e. The molecule has 0 saturated heterocycles. The van der Waals surface area contributed by atoms with Crippen LogP contribution in [0.4, 0.5) is 0 Å². The summed E-state index contributed by atoms with van der Waals surface area (Å²) in [6, 6.07) is 0. The highest BCUT2D eigenvalue weighted by Crippen LogP contribution is 2.52. The first-order valence-corrected chi connectivity index (χ1v) is 5.70. The van der Waals surface area contributed by atoms with Crippen LogP contribution < -0.4 is 0 Å². The maximum absolute atomic E-state index is 11.9. The van der Waals surface area contributed by atoms with Gasteiger partial charge >= 0.3 is 0 Å². The average Bonchev–Trinajstić information content (AvgIpc) is 2.20. The minimum atomic E-state index is -1.09. The molecule has 0 aromatic carbocycles. The normalized spacial score (nSPS) is 46.5. The lowest BCUT2D eigenvalue weighted by Crippen LogP contribution is -2.62. The maximum atomic E-state index is 11.9. The zero-order chi connectivity index (χ0) is 11.3. The monoisotopic (exact) mass is 210 g/mol. The number of Topliss-reactive ketones (excluding diaryl/α,β-unsaturated/α-hetero) is 2. The Labute approximate surface area is 89.9 Å². The molecular weight excluding hydrogens is 192 g/mol. The maximum Gasteiger partial charge on any atom is 0.141 e. The lowest BCUT2D eigenvalue weighted by Gasteiger charge is -2.53. The second-order valence-electron chi connectivity index (χ2n) is 5.22. The molecule has 3 atom stereocenters. The predicted molar refractivity (Wildman–Crippen MR) is 55.3 cm³/mol. The quantitative estimate of drug-likeness (QED) is 0.658. The Bertz CT molecular complexity index is 323. The summed E-state index contributed by atoms with van der Waals surface area (Å²) in [4.78, 5) is 23.6. The van der Waals surface area contributed by atoms with Gasteiger partial charge < -0.3 is 5.11 Å². The van der Waals surface area contributed by atoms with Gasteiger partial charge in [-0.15, -0.1) is 0 Å². The van der Waals surface area contributed by atoms with E-state index in [1.54, 1.807) is 6.92 Å². The smallest absolute Gasteiger partial charge is 0.141 e. The number of carbonyl (C=O) groups excluding carboxylic acids is 2. The van der Waals surface area contributed by atoms with E-state index >= 15 is 0 Å². The summed E-state index contributed by atoms with van der Waals surface area (Å²) < 4.78 is 0. The van der Waals surface area contributed by atoms with Crippen LogP contribution in [0.5, 0.6) is 0 Å². The molecule has 2 saturated carbocycles. The third-order valence-electron chi connectivity index (χ3n) is 4.60. The summed E-state index contributed by atoms with van der Waals surface area (Å²) in [6.07, 6.45) is 2.81. The number of hydrogen-bond donors (Lipinski definition) is 1. The molecule has 0 aromatic rings. The molecule has 0 heterocycles. The first-order chi connectivity index (χ1) is 6.92. The molecule has 84 valence electrons. The fourth-order valence-electron chi connectivity index (χ4n) is 3.22. The van der Waals surface area contributed by atoms with Gasteiger partial charge in [-0.1, -0.05) is 6.92 Å². The van der Waals surface area contributed by atoms with E-state index in [0.717, 1.165) is 0 Å². The Morgan fingerprint density at radius 1 is 1.27 bits per heavy atom. The Morgan fingerprint density at radius 2 is 1.93 bits per heavy atom. The minimum Gasteiger partial charge on any atom is -0.388 e. The molecule has 0 aromatic heterocycles. The van der Waals surface area contributed by atoms with Crippen molar-refractivity contribution >= 4 is 11.6 Å². The molecule has 3 nitrogen and oxygen atoms in total. The highest BCUT2D eigenvalue weighted by molar-refractivity contribution is 5.92. The Morgan fingerprint density at radius 3 is 2.60 bits per heavy atom. The van der Waals surface area contributed by atoms with E-state index in [4.69, 9.17) is 0 Å². The lowest BCUT2D eigenvalue weighted by atomic mass is 9.53. The van der Waals surface area contributed by atoms with Crippen molar-refractivity contribution in [2.24, 2.45) is 11.3 Å². The number of carbonyl (C=O) groups is 2. The fraction of sp³-hybridized carbons (Fsp3) is 0.833. The summed E-state index contributed by atoms with van der Waals surface area (Å²) >= 11 is 0. The Kier molecular flexibility index (Phi) is 2.26. The van der Waals surface area contributed by atoms with Crippen LogP contribution in [-0.4, -0.2) is 22.3 Å². The number of hydrogen-bond acceptors (Lipinski definition) is 3. The van der Waals surface area contributed by atoms with Crippen LogP contribution in [0.1, 0.15) is 46.0 Å². The van der Waals surface area contributed by atoms with Gasteiger partial charge in [0, 0.05) is 18.8 Å². The molecule has 15 heavy (non-hydrogen) atoms. The molecule has 0 amide bonds. The van der Waals surface area contributed by atoms with Crippen molar-refractivity contribution in [1.82, 2.24) is 0 Å². The van der Waals surface area contributed by atoms with Crippen LogP contribution >= 0.6 is 0 Å². The lowest BCUT2D eigenvalue weighted by molar-refractivity contribution is -0.181. The van der Waals surface area contributed by atoms with Crippen LogP contribution in [0.15, 0.2) is 0 Å². The highest BCUT2D eigenvalue weighted by Gasteiger charge is 2.60. The highest BCUT2D eigenvalue weighted by atomic mass is 16.3. The molecule has 0 bridgehead atoms. The van der Waals surface area contributed by atoms with Gasteiger partial charge in [0.25, 0.3) is 0 Å². The predicted octanol–water partition coefficient (Wildman–Crippen LogP) is 1.48. The molecule has 0 radical (unpaired) electrons. The number of aliphatic hydroxyl groups is 1. The summed E-state index contributed by atoms with van der Waals surface area (Å²) in [7, 11) is 0. The van der Waals surface area contributed by atoms with Crippen molar-refractivity contribution in [3.8, 4) is 0 Å². The van der Waals surface area contributed by atoms with Crippen molar-refractivity contribution in [3.63, 3.8) is 0 Å². The summed E-state index contributed by atoms with van der Waals surface area (Å²) in [5.74, 6) is -0.152. The van der Waals surface area contributed by atoms with E-state index in [-0.39, 0.29) is 17.5 Å². The second-order valence-corrected chi connectivity index (χ2v) is 5.22. The van der Waals surface area contributed by atoms with Crippen molar-refractivity contribution in [2.45, 2.75) is 51.6 Å². The van der Waals surface area contributed by atoms with Gasteiger partial charge in [0.05, 0.1) is 11.0 Å². The van der Waals surface area contributed by atoms with E-state index in [1.807, 2.05) is 6.92 Å². The molecule has 0 aliphatic heterocycles. The van der Waals surface area contributed by atoms with Gasteiger partial charge in [-0.2, -0.15) is 0 Å². The molecule has 1 N–H and O–H groups in total. The third-order valence-corrected chi connectivity index (χ3v) is 4.60. The molecule has 2 rings (SSSR count). The van der Waals surface area contributed by atoms with Crippen molar-refractivity contribution in [2.75, 3.05) is 0 Å². The van der Waals surface area contributed by atoms with Crippen LogP contribution in [0.3, 0.4) is 0 Å². The minimum absolute atomic E-state index is 0.102. The first kappa shape index (κ1) is 10.8. The van der Waals surface area contributed by atoms with Gasteiger partial charge in [0.15, 0.2) is 0 Å². The fourth-order valence-corrected chi connectivity index (χ4v) is 3.22.